The van der Waals surface area contributed by atoms with E-state index in [0.29, 0.717) is 6.42 Å². The fraction of sp³-hybridized carbons (Fsp3) is 0.917. The van der Waals surface area contributed by atoms with Gasteiger partial charge in [-0.2, -0.15) is 0 Å². The molecular formula is C12H30N2O2. The van der Waals surface area contributed by atoms with Crippen LogP contribution < -0.4 is 10.6 Å². The lowest BCUT2D eigenvalue weighted by Gasteiger charge is -2.09. The first-order chi connectivity index (χ1) is 7.72. The predicted octanol–water partition coefficient (Wildman–Crippen LogP) is 2.10. The fourth-order valence-corrected chi connectivity index (χ4v) is 1.04. The summed E-state index contributed by atoms with van der Waals surface area (Å²) in [5, 5.41) is 14.4. The molecule has 0 saturated heterocycles. The van der Waals surface area contributed by atoms with Crippen LogP contribution in [-0.2, 0) is 4.79 Å². The fourth-order valence-electron chi connectivity index (χ4n) is 1.04. The van der Waals surface area contributed by atoms with Crippen LogP contribution in [0.4, 0.5) is 0 Å². The highest BCUT2D eigenvalue weighted by atomic mass is 16.4. The van der Waals surface area contributed by atoms with E-state index in [1.165, 1.54) is 0 Å². The minimum atomic E-state index is -0.762. The van der Waals surface area contributed by atoms with E-state index in [9.17, 15) is 4.79 Å². The highest BCUT2D eigenvalue weighted by molar-refractivity contribution is 5.73. The monoisotopic (exact) mass is 234 g/mol. The van der Waals surface area contributed by atoms with Crippen molar-refractivity contribution in [2.75, 3.05) is 20.6 Å². The third-order valence-electron chi connectivity index (χ3n) is 1.82. The summed E-state index contributed by atoms with van der Waals surface area (Å²) in [6.45, 7) is 8.95. The maximum atomic E-state index is 10.5. The van der Waals surface area contributed by atoms with Crippen LogP contribution in [0.15, 0.2) is 0 Å². The summed E-state index contributed by atoms with van der Waals surface area (Å²) in [4.78, 5) is 10.5. The van der Waals surface area contributed by atoms with Crippen molar-refractivity contribution < 1.29 is 9.90 Å². The molecule has 0 bridgehead atoms. The highest BCUT2D eigenvalue weighted by Gasteiger charge is 2.12. The van der Waals surface area contributed by atoms with Gasteiger partial charge in [0.25, 0.3) is 0 Å². The summed E-state index contributed by atoms with van der Waals surface area (Å²) in [7, 11) is 3.57. The van der Waals surface area contributed by atoms with Gasteiger partial charge >= 0.3 is 5.97 Å². The smallest absolute Gasteiger partial charge is 0.320 e. The first kappa shape index (κ1) is 20.8. The average Bonchev–Trinajstić information content (AvgIpc) is 2.34. The maximum absolute atomic E-state index is 10.5. The first-order valence-corrected chi connectivity index (χ1v) is 6.27. The van der Waals surface area contributed by atoms with Crippen molar-refractivity contribution >= 4 is 5.97 Å². The Labute approximate surface area is 101 Å². The summed E-state index contributed by atoms with van der Waals surface area (Å²) in [6, 6.07) is -0.387. The highest BCUT2D eigenvalue weighted by Crippen LogP contribution is 1.99. The molecule has 100 valence electrons. The third kappa shape index (κ3) is 15.8. The van der Waals surface area contributed by atoms with E-state index in [2.05, 4.69) is 10.6 Å². The zero-order valence-electron chi connectivity index (χ0n) is 11.8. The molecule has 16 heavy (non-hydrogen) atoms. The van der Waals surface area contributed by atoms with Crippen LogP contribution in [0.2, 0.25) is 0 Å². The largest absolute Gasteiger partial charge is 0.480 e. The number of rotatable bonds is 7. The lowest BCUT2D eigenvalue weighted by molar-refractivity contribution is -0.139. The molecular weight excluding hydrogens is 204 g/mol. The van der Waals surface area contributed by atoms with Gasteiger partial charge in [0, 0.05) is 0 Å². The third-order valence-corrected chi connectivity index (χ3v) is 1.82. The van der Waals surface area contributed by atoms with Crippen LogP contribution in [-0.4, -0.2) is 37.8 Å². The van der Waals surface area contributed by atoms with Gasteiger partial charge in [0.1, 0.15) is 6.04 Å². The minimum absolute atomic E-state index is 0.387. The zero-order chi connectivity index (χ0) is 13.4. The van der Waals surface area contributed by atoms with Crippen molar-refractivity contribution in [1.82, 2.24) is 10.6 Å². The van der Waals surface area contributed by atoms with Gasteiger partial charge in [-0.25, -0.2) is 0 Å². The molecule has 0 amide bonds. The maximum Gasteiger partial charge on any atom is 0.320 e. The molecule has 0 aliphatic carbocycles. The van der Waals surface area contributed by atoms with Crippen LogP contribution in [0, 0.1) is 0 Å². The molecule has 3 N–H and O–H groups in total. The van der Waals surface area contributed by atoms with E-state index in [4.69, 9.17) is 5.11 Å². The van der Waals surface area contributed by atoms with Crippen LogP contribution in [0.3, 0.4) is 0 Å². The molecule has 0 spiro atoms. The Kier molecular flexibility index (Phi) is 25.8. The Balaban J connectivity index is -0.000000376. The molecule has 0 aromatic heterocycles. The number of unbranched alkanes of at least 4 members (excludes halogenated alkanes) is 1. The van der Waals surface area contributed by atoms with E-state index in [1.54, 1.807) is 7.05 Å². The Morgan fingerprint density at radius 2 is 1.62 bits per heavy atom. The van der Waals surface area contributed by atoms with Gasteiger partial charge in [-0.05, 0) is 33.5 Å². The number of carboxylic acids is 1. The summed E-state index contributed by atoms with van der Waals surface area (Å²) in [6.07, 6.45) is 2.67. The first-order valence-electron chi connectivity index (χ1n) is 6.27. The Bertz CT molecular complexity index is 130. The van der Waals surface area contributed by atoms with Gasteiger partial charge in [-0.3, -0.25) is 4.79 Å². The molecule has 0 aliphatic rings. The van der Waals surface area contributed by atoms with Gasteiger partial charge in [0.05, 0.1) is 0 Å². The van der Waals surface area contributed by atoms with Crippen LogP contribution >= 0.6 is 0 Å². The SMILES string of the molecule is CC.CC.CNCCCC[C@@H](NC)C(=O)O. The van der Waals surface area contributed by atoms with E-state index in [-0.39, 0.29) is 6.04 Å². The molecule has 0 heterocycles. The molecule has 4 heteroatoms. The number of nitrogens with one attached hydrogen (secondary N) is 2. The number of likely N-dealkylation sites (N-methyl/N-ethyl adjacent to an activating group) is 1. The zero-order valence-corrected chi connectivity index (χ0v) is 11.8. The van der Waals surface area contributed by atoms with Crippen LogP contribution in [0.1, 0.15) is 47.0 Å². The van der Waals surface area contributed by atoms with Crippen molar-refractivity contribution in [1.29, 1.82) is 0 Å². The normalized spacial score (nSPS) is 10.4. The minimum Gasteiger partial charge on any atom is -0.480 e. The summed E-state index contributed by atoms with van der Waals surface area (Å²) < 4.78 is 0. The molecule has 0 unspecified atom stereocenters. The second-order valence-electron chi connectivity index (χ2n) is 2.78. The second kappa shape index (κ2) is 19.9. The molecule has 0 aliphatic heterocycles. The topological polar surface area (TPSA) is 61.4 Å². The molecule has 0 aromatic rings. The number of carboxylic acid groups (broad SMARTS) is 1. The molecule has 0 aromatic carbocycles. The molecule has 1 atom stereocenters. The molecule has 0 saturated carbocycles. The van der Waals surface area contributed by atoms with Gasteiger partial charge in [-0.15, -0.1) is 0 Å². The molecule has 0 rings (SSSR count). The number of aliphatic carboxylic acids is 1. The summed E-state index contributed by atoms with van der Waals surface area (Å²) in [5.74, 6) is -0.762. The lowest BCUT2D eigenvalue weighted by Crippen LogP contribution is -2.33. The predicted molar refractivity (Wildman–Crippen MR) is 71.0 cm³/mol. The molecule has 0 radical (unpaired) electrons. The van der Waals surface area contributed by atoms with Crippen LogP contribution in [0.5, 0.6) is 0 Å². The standard InChI is InChI=1S/C8H18N2O2.2C2H6/c1-9-6-4-3-5-7(10-2)8(11)12;2*1-2/h7,9-10H,3-6H2,1-2H3,(H,11,12);2*1-2H3/t7-;;/m1../s1. The number of hydrogen-bond acceptors (Lipinski definition) is 3. The van der Waals surface area contributed by atoms with E-state index >= 15 is 0 Å². The van der Waals surface area contributed by atoms with Crippen molar-refractivity contribution in [3.05, 3.63) is 0 Å². The summed E-state index contributed by atoms with van der Waals surface area (Å²) >= 11 is 0. The Morgan fingerprint density at radius 3 is 1.94 bits per heavy atom. The lowest BCUT2D eigenvalue weighted by atomic mass is 10.1. The van der Waals surface area contributed by atoms with Gasteiger partial charge in [0.2, 0.25) is 0 Å². The van der Waals surface area contributed by atoms with Crippen molar-refractivity contribution in [2.45, 2.75) is 53.0 Å². The van der Waals surface area contributed by atoms with E-state index in [1.807, 2.05) is 34.7 Å². The van der Waals surface area contributed by atoms with E-state index in [0.717, 1.165) is 19.4 Å². The number of hydrogen-bond donors (Lipinski definition) is 3. The van der Waals surface area contributed by atoms with Gasteiger partial charge in [0.15, 0.2) is 0 Å². The Hall–Kier alpha value is -0.610. The molecule has 4 nitrogen and oxygen atoms in total. The molecule has 0 fully saturated rings. The van der Waals surface area contributed by atoms with Gasteiger partial charge < -0.3 is 15.7 Å². The number of carbonyl (C=O) groups is 1. The Morgan fingerprint density at radius 1 is 1.12 bits per heavy atom. The van der Waals surface area contributed by atoms with Crippen molar-refractivity contribution in [3.63, 3.8) is 0 Å². The second-order valence-corrected chi connectivity index (χ2v) is 2.78. The quantitative estimate of drug-likeness (QED) is 0.590. The van der Waals surface area contributed by atoms with E-state index < -0.39 is 5.97 Å². The van der Waals surface area contributed by atoms with Gasteiger partial charge in [-0.1, -0.05) is 34.1 Å². The van der Waals surface area contributed by atoms with Crippen molar-refractivity contribution in [2.24, 2.45) is 0 Å². The van der Waals surface area contributed by atoms with Crippen molar-refractivity contribution in [3.8, 4) is 0 Å². The summed E-state index contributed by atoms with van der Waals surface area (Å²) in [5.41, 5.74) is 0. The van der Waals surface area contributed by atoms with Crippen LogP contribution in [0.25, 0.3) is 0 Å². The average molecular weight is 234 g/mol.